The summed E-state index contributed by atoms with van der Waals surface area (Å²) in [5.74, 6) is 1.80. The Hall–Kier alpha value is -2.67. The van der Waals surface area contributed by atoms with Gasteiger partial charge in [-0.2, -0.15) is 5.10 Å². The summed E-state index contributed by atoms with van der Waals surface area (Å²) in [6.45, 7) is 5.72. The van der Waals surface area contributed by atoms with Gasteiger partial charge >= 0.3 is 0 Å². The van der Waals surface area contributed by atoms with Crippen LogP contribution in [-0.4, -0.2) is 43.6 Å². The van der Waals surface area contributed by atoms with E-state index in [-0.39, 0.29) is 0 Å². The Morgan fingerprint density at radius 1 is 1.24 bits per heavy atom. The molecule has 0 fully saturated rings. The van der Waals surface area contributed by atoms with Crippen molar-refractivity contribution < 1.29 is 4.74 Å². The fraction of sp³-hybridized carbons (Fsp3) is 0.389. The summed E-state index contributed by atoms with van der Waals surface area (Å²) >= 11 is 0. The minimum Gasteiger partial charge on any atom is -0.497 e. The van der Waals surface area contributed by atoms with Gasteiger partial charge in [0.1, 0.15) is 17.9 Å². The molecule has 0 unspecified atom stereocenters. The molecule has 7 heteroatoms. The van der Waals surface area contributed by atoms with Crippen molar-refractivity contribution in [2.75, 3.05) is 14.2 Å². The molecular weight excluding hydrogens is 316 g/mol. The maximum absolute atomic E-state index is 5.39. The van der Waals surface area contributed by atoms with E-state index in [9.17, 15) is 0 Å². The minimum absolute atomic E-state index is 0.342. The highest BCUT2D eigenvalue weighted by Crippen LogP contribution is 2.22. The van der Waals surface area contributed by atoms with E-state index < -0.39 is 0 Å². The lowest BCUT2D eigenvalue weighted by Gasteiger charge is -2.20. The average Bonchev–Trinajstić information content (AvgIpc) is 3.26. The maximum Gasteiger partial charge on any atom is 0.147 e. The van der Waals surface area contributed by atoms with Crippen LogP contribution in [0.3, 0.4) is 0 Å². The summed E-state index contributed by atoms with van der Waals surface area (Å²) in [6, 6.07) is 8.31. The van der Waals surface area contributed by atoms with Crippen LogP contribution >= 0.6 is 0 Å². The van der Waals surface area contributed by atoms with E-state index in [2.05, 4.69) is 51.7 Å². The summed E-state index contributed by atoms with van der Waals surface area (Å²) in [4.78, 5) is 2.21. The van der Waals surface area contributed by atoms with Crippen LogP contribution < -0.4 is 4.74 Å². The first-order valence-corrected chi connectivity index (χ1v) is 8.32. The third kappa shape index (κ3) is 3.88. The van der Waals surface area contributed by atoms with Gasteiger partial charge in [0.25, 0.3) is 0 Å². The molecule has 1 aromatic carbocycles. The highest BCUT2D eigenvalue weighted by atomic mass is 16.5. The van der Waals surface area contributed by atoms with E-state index in [0.717, 1.165) is 29.4 Å². The van der Waals surface area contributed by atoms with Crippen LogP contribution in [0.2, 0.25) is 0 Å². The van der Waals surface area contributed by atoms with Crippen molar-refractivity contribution >= 4 is 0 Å². The van der Waals surface area contributed by atoms with Crippen LogP contribution in [0.1, 0.15) is 31.3 Å². The zero-order valence-corrected chi connectivity index (χ0v) is 15.1. The second-order valence-corrected chi connectivity index (χ2v) is 6.37. The summed E-state index contributed by atoms with van der Waals surface area (Å²) in [6.07, 6.45) is 5.51. The molecule has 3 aromatic rings. The van der Waals surface area contributed by atoms with Crippen LogP contribution in [0.15, 0.2) is 43.0 Å². The van der Waals surface area contributed by atoms with Gasteiger partial charge in [-0.25, -0.2) is 4.68 Å². The Bertz CT molecular complexity index is 809. The normalized spacial score (nSPS) is 11.4. The quantitative estimate of drug-likeness (QED) is 0.662. The topological polar surface area (TPSA) is 61.0 Å². The molecule has 0 aliphatic heterocycles. The lowest BCUT2D eigenvalue weighted by atomic mass is 10.1. The van der Waals surface area contributed by atoms with E-state index in [4.69, 9.17) is 4.74 Å². The van der Waals surface area contributed by atoms with E-state index in [0.29, 0.717) is 12.6 Å². The Morgan fingerprint density at radius 2 is 2.08 bits per heavy atom. The Morgan fingerprint density at radius 3 is 2.76 bits per heavy atom. The summed E-state index contributed by atoms with van der Waals surface area (Å²) in [5, 5.41) is 12.6. The largest absolute Gasteiger partial charge is 0.497 e. The lowest BCUT2D eigenvalue weighted by molar-refractivity contribution is 0.301. The fourth-order valence-electron chi connectivity index (χ4n) is 2.85. The average molecular weight is 340 g/mol. The van der Waals surface area contributed by atoms with E-state index in [1.54, 1.807) is 19.6 Å². The Labute approximate surface area is 147 Å². The number of aromatic nitrogens is 5. The predicted octanol–water partition coefficient (Wildman–Crippen LogP) is 2.69. The Balaban J connectivity index is 1.82. The second kappa shape index (κ2) is 7.48. The van der Waals surface area contributed by atoms with Gasteiger partial charge in [0.2, 0.25) is 0 Å². The molecule has 2 heterocycles. The first kappa shape index (κ1) is 17.2. The van der Waals surface area contributed by atoms with Crippen molar-refractivity contribution in [2.45, 2.75) is 33.0 Å². The molecule has 0 aliphatic carbocycles. The molecule has 0 spiro atoms. The number of nitrogens with zero attached hydrogens (tertiary/aromatic N) is 6. The molecule has 0 atom stereocenters. The minimum atomic E-state index is 0.342. The van der Waals surface area contributed by atoms with Gasteiger partial charge in [-0.1, -0.05) is 0 Å². The fourth-order valence-corrected chi connectivity index (χ4v) is 2.85. The monoisotopic (exact) mass is 340 g/mol. The lowest BCUT2D eigenvalue weighted by Crippen LogP contribution is -2.21. The molecule has 0 bridgehead atoms. The Kier molecular flexibility index (Phi) is 5.14. The van der Waals surface area contributed by atoms with E-state index >= 15 is 0 Å². The standard InChI is InChI=1S/C18H24N6O/c1-14(2)23-13-19-21-18(23)12-22(3)11-15-10-16(25-4)6-7-17(15)24-9-5-8-20-24/h5-10,13-14H,11-12H2,1-4H3. The zero-order valence-electron chi connectivity index (χ0n) is 15.1. The van der Waals surface area contributed by atoms with Crippen LogP contribution in [0.5, 0.6) is 5.75 Å². The molecular formula is C18H24N6O. The van der Waals surface area contributed by atoms with E-state index in [1.165, 1.54) is 0 Å². The van der Waals surface area contributed by atoms with Crippen molar-refractivity contribution in [1.82, 2.24) is 29.4 Å². The molecule has 2 aromatic heterocycles. The molecule has 0 amide bonds. The third-order valence-electron chi connectivity index (χ3n) is 4.09. The van der Waals surface area contributed by atoms with Crippen molar-refractivity contribution in [2.24, 2.45) is 0 Å². The maximum atomic E-state index is 5.39. The highest BCUT2D eigenvalue weighted by Gasteiger charge is 2.13. The van der Waals surface area contributed by atoms with Gasteiger partial charge in [0.05, 0.1) is 19.3 Å². The highest BCUT2D eigenvalue weighted by molar-refractivity contribution is 5.45. The second-order valence-electron chi connectivity index (χ2n) is 6.37. The van der Waals surface area contributed by atoms with Gasteiger partial charge in [0.15, 0.2) is 0 Å². The summed E-state index contributed by atoms with van der Waals surface area (Å²) in [5.41, 5.74) is 2.18. The molecule has 0 saturated heterocycles. The predicted molar refractivity (Wildman–Crippen MR) is 95.7 cm³/mol. The van der Waals surface area contributed by atoms with Crippen molar-refractivity contribution in [1.29, 1.82) is 0 Å². The molecule has 3 rings (SSSR count). The molecule has 0 N–H and O–H groups in total. The number of rotatable bonds is 7. The van der Waals surface area contributed by atoms with Crippen molar-refractivity contribution in [3.05, 3.63) is 54.4 Å². The first-order chi connectivity index (χ1) is 12.1. The summed E-state index contributed by atoms with van der Waals surface area (Å²) < 4.78 is 9.36. The summed E-state index contributed by atoms with van der Waals surface area (Å²) in [7, 11) is 3.76. The number of ether oxygens (including phenoxy) is 1. The first-order valence-electron chi connectivity index (χ1n) is 8.32. The molecule has 7 nitrogen and oxygen atoms in total. The van der Waals surface area contributed by atoms with Gasteiger partial charge < -0.3 is 9.30 Å². The van der Waals surface area contributed by atoms with Crippen LogP contribution in [0.4, 0.5) is 0 Å². The molecule has 0 saturated carbocycles. The number of hydrogen-bond acceptors (Lipinski definition) is 5. The van der Waals surface area contributed by atoms with Gasteiger partial charge in [0, 0.05) is 25.0 Å². The van der Waals surface area contributed by atoms with Crippen LogP contribution in [0.25, 0.3) is 5.69 Å². The van der Waals surface area contributed by atoms with Gasteiger partial charge in [-0.05, 0) is 50.7 Å². The third-order valence-corrected chi connectivity index (χ3v) is 4.09. The number of methoxy groups -OCH3 is 1. The zero-order chi connectivity index (χ0) is 17.8. The SMILES string of the molecule is COc1ccc(-n2cccn2)c(CN(C)Cc2nncn2C(C)C)c1. The smallest absolute Gasteiger partial charge is 0.147 e. The molecule has 0 radical (unpaired) electrons. The van der Waals surface area contributed by atoms with Gasteiger partial charge in [-0.3, -0.25) is 4.90 Å². The molecule has 25 heavy (non-hydrogen) atoms. The number of hydrogen-bond donors (Lipinski definition) is 0. The van der Waals surface area contributed by atoms with Gasteiger partial charge in [-0.15, -0.1) is 10.2 Å². The number of benzene rings is 1. The van der Waals surface area contributed by atoms with Crippen molar-refractivity contribution in [3.8, 4) is 11.4 Å². The van der Waals surface area contributed by atoms with E-state index in [1.807, 2.05) is 29.1 Å². The molecule has 132 valence electrons. The van der Waals surface area contributed by atoms with Crippen LogP contribution in [-0.2, 0) is 13.1 Å². The van der Waals surface area contributed by atoms with Crippen LogP contribution in [0, 0.1) is 0 Å². The molecule has 0 aliphatic rings. The van der Waals surface area contributed by atoms with Crippen molar-refractivity contribution in [3.63, 3.8) is 0 Å².